The Morgan fingerprint density at radius 2 is 1.58 bits per heavy atom. The molecule has 9 heteroatoms. The largest absolute Gasteiger partial charge is 0.342 e. The Kier molecular flexibility index (Phi) is 6.79. The van der Waals surface area contributed by atoms with E-state index >= 15 is 0 Å². The summed E-state index contributed by atoms with van der Waals surface area (Å²) in [7, 11) is -3.81. The van der Waals surface area contributed by atoms with Crippen molar-refractivity contribution in [3.8, 4) is 0 Å². The van der Waals surface area contributed by atoms with Crippen molar-refractivity contribution in [3.05, 3.63) is 71.8 Å². The van der Waals surface area contributed by atoms with Crippen LogP contribution >= 0.6 is 0 Å². The number of nitrogens with one attached hydrogen (secondary N) is 3. The molecule has 3 aromatic rings. The first-order valence-corrected chi connectivity index (χ1v) is 13.7. The minimum atomic E-state index is -3.81. The minimum absolute atomic E-state index is 0.0504. The lowest BCUT2D eigenvalue weighted by atomic mass is 9.99. The number of fused-ring (bicyclic) bond motifs is 1. The maximum atomic E-state index is 13.4. The number of hydrogen-bond acceptors (Lipinski definition) is 5. The van der Waals surface area contributed by atoms with Crippen LogP contribution in [0.3, 0.4) is 0 Å². The number of hydrogen-bond donors (Lipinski definition) is 3. The molecule has 3 N–H and O–H groups in total. The quantitative estimate of drug-likeness (QED) is 0.477. The van der Waals surface area contributed by atoms with Crippen molar-refractivity contribution in [2.24, 2.45) is 5.92 Å². The number of sulfonamides is 1. The number of carbonyl (C=O) groups is 2. The van der Waals surface area contributed by atoms with Crippen molar-refractivity contribution in [1.29, 1.82) is 0 Å². The van der Waals surface area contributed by atoms with Gasteiger partial charge in [-0.3, -0.25) is 9.59 Å². The summed E-state index contributed by atoms with van der Waals surface area (Å²) in [5.41, 5.74) is 1.98. The summed E-state index contributed by atoms with van der Waals surface area (Å²) < 4.78 is 29.7. The lowest BCUT2D eigenvalue weighted by Crippen LogP contribution is -2.55. The standard InChI is InChI=1S/C27H30N4O4S/c1-18-6-2-3-7-21(18)26(32)29-24-10-11-25(23-9-5-4-8-22(23)24)36(34,35)30-20-12-14-31(15-13-20)27(33)19-16-28-17-19/h2-11,19-20,28,30H,12-17H2,1H3,(H,29,32). The molecular weight excluding hydrogens is 476 g/mol. The monoisotopic (exact) mass is 506 g/mol. The van der Waals surface area contributed by atoms with Crippen LogP contribution in [0.2, 0.25) is 0 Å². The van der Waals surface area contributed by atoms with Crippen molar-refractivity contribution < 1.29 is 18.0 Å². The first-order valence-electron chi connectivity index (χ1n) is 12.2. The van der Waals surface area contributed by atoms with E-state index in [2.05, 4.69) is 15.4 Å². The highest BCUT2D eigenvalue weighted by Gasteiger charge is 2.33. The maximum Gasteiger partial charge on any atom is 0.255 e. The van der Waals surface area contributed by atoms with Gasteiger partial charge in [-0.2, -0.15) is 0 Å². The van der Waals surface area contributed by atoms with Gasteiger partial charge in [0.25, 0.3) is 5.91 Å². The Balaban J connectivity index is 1.33. The Hall–Kier alpha value is -3.27. The molecule has 0 unspecified atom stereocenters. The zero-order valence-corrected chi connectivity index (χ0v) is 21.0. The molecule has 36 heavy (non-hydrogen) atoms. The number of carbonyl (C=O) groups excluding carboxylic acids is 2. The third-order valence-electron chi connectivity index (χ3n) is 7.07. The number of aryl methyl sites for hydroxylation is 1. The molecule has 2 heterocycles. The summed E-state index contributed by atoms with van der Waals surface area (Å²) in [5, 5.41) is 7.25. The van der Waals surface area contributed by atoms with Crippen LogP contribution in [0.1, 0.15) is 28.8 Å². The van der Waals surface area contributed by atoms with E-state index in [0.29, 0.717) is 48.0 Å². The van der Waals surface area contributed by atoms with Gasteiger partial charge in [0.1, 0.15) is 0 Å². The first-order chi connectivity index (χ1) is 17.3. The Bertz CT molecular complexity index is 1410. The van der Waals surface area contributed by atoms with Gasteiger partial charge in [0.2, 0.25) is 15.9 Å². The predicted octanol–water partition coefficient (Wildman–Crippen LogP) is 2.89. The van der Waals surface area contributed by atoms with Gasteiger partial charge in [-0.25, -0.2) is 13.1 Å². The summed E-state index contributed by atoms with van der Waals surface area (Å²) in [6, 6.07) is 17.4. The highest BCUT2D eigenvalue weighted by molar-refractivity contribution is 7.89. The van der Waals surface area contributed by atoms with Gasteiger partial charge in [0.15, 0.2) is 0 Å². The lowest BCUT2D eigenvalue weighted by Gasteiger charge is -2.37. The van der Waals surface area contributed by atoms with Crippen LogP contribution in [0.4, 0.5) is 5.69 Å². The molecule has 2 saturated heterocycles. The molecule has 3 aromatic carbocycles. The van der Waals surface area contributed by atoms with Crippen LogP contribution in [0, 0.1) is 12.8 Å². The molecule has 0 spiro atoms. The number of piperidine rings is 1. The SMILES string of the molecule is Cc1ccccc1C(=O)Nc1ccc(S(=O)(=O)NC2CCN(C(=O)C3CNC3)CC2)c2ccccc12. The first kappa shape index (κ1) is 24.4. The molecule has 0 aromatic heterocycles. The van der Waals surface area contributed by atoms with E-state index in [4.69, 9.17) is 0 Å². The van der Waals surface area contributed by atoms with Crippen LogP contribution in [0.15, 0.2) is 65.6 Å². The van der Waals surface area contributed by atoms with Gasteiger partial charge in [-0.1, -0.05) is 42.5 Å². The van der Waals surface area contributed by atoms with Crippen LogP contribution in [0.5, 0.6) is 0 Å². The topological polar surface area (TPSA) is 108 Å². The summed E-state index contributed by atoms with van der Waals surface area (Å²) in [6.45, 7) is 4.42. The smallest absolute Gasteiger partial charge is 0.255 e. The molecule has 5 rings (SSSR count). The van der Waals surface area contributed by atoms with E-state index in [1.54, 1.807) is 36.4 Å². The fourth-order valence-electron chi connectivity index (χ4n) is 4.85. The highest BCUT2D eigenvalue weighted by Crippen LogP contribution is 2.30. The molecule has 8 nitrogen and oxygen atoms in total. The minimum Gasteiger partial charge on any atom is -0.342 e. The van der Waals surface area contributed by atoms with E-state index in [-0.39, 0.29) is 28.7 Å². The highest BCUT2D eigenvalue weighted by atomic mass is 32.2. The van der Waals surface area contributed by atoms with Crippen molar-refractivity contribution in [3.63, 3.8) is 0 Å². The Morgan fingerprint density at radius 3 is 2.25 bits per heavy atom. The second-order valence-corrected chi connectivity index (χ2v) is 11.2. The number of likely N-dealkylation sites (tertiary alicyclic amines) is 1. The fraction of sp³-hybridized carbons (Fsp3) is 0.333. The normalized spacial score (nSPS) is 17.1. The molecule has 0 bridgehead atoms. The zero-order chi connectivity index (χ0) is 25.3. The molecule has 0 atom stereocenters. The van der Waals surface area contributed by atoms with Crippen molar-refractivity contribution in [1.82, 2.24) is 14.9 Å². The van der Waals surface area contributed by atoms with Gasteiger partial charge in [-0.05, 0) is 43.5 Å². The number of amides is 2. The summed E-state index contributed by atoms with van der Waals surface area (Å²) >= 11 is 0. The van der Waals surface area contributed by atoms with Gasteiger partial charge in [0, 0.05) is 54.2 Å². The van der Waals surface area contributed by atoms with Crippen molar-refractivity contribution >= 4 is 38.3 Å². The molecule has 188 valence electrons. The molecular formula is C27H30N4O4S. The summed E-state index contributed by atoms with van der Waals surface area (Å²) in [4.78, 5) is 27.4. The molecule has 2 fully saturated rings. The van der Waals surface area contributed by atoms with Crippen molar-refractivity contribution in [2.75, 3.05) is 31.5 Å². The van der Waals surface area contributed by atoms with E-state index in [9.17, 15) is 18.0 Å². The van der Waals surface area contributed by atoms with Crippen LogP contribution in [-0.4, -0.2) is 57.4 Å². The number of nitrogens with zero attached hydrogens (tertiary/aromatic N) is 1. The molecule has 2 aliphatic heterocycles. The van der Waals surface area contributed by atoms with Gasteiger partial charge < -0.3 is 15.5 Å². The van der Waals surface area contributed by atoms with E-state index in [0.717, 1.165) is 18.7 Å². The molecule has 2 amide bonds. The molecule has 0 radical (unpaired) electrons. The van der Waals surface area contributed by atoms with E-state index < -0.39 is 10.0 Å². The fourth-order valence-corrected chi connectivity index (χ4v) is 6.37. The van der Waals surface area contributed by atoms with E-state index in [1.165, 1.54) is 0 Å². The van der Waals surface area contributed by atoms with E-state index in [1.807, 2.05) is 36.1 Å². The second-order valence-electron chi connectivity index (χ2n) is 9.50. The predicted molar refractivity (Wildman–Crippen MR) is 139 cm³/mol. The average molecular weight is 507 g/mol. The zero-order valence-electron chi connectivity index (χ0n) is 20.2. The molecule has 2 aliphatic rings. The third kappa shape index (κ3) is 4.86. The van der Waals surface area contributed by atoms with Gasteiger partial charge >= 0.3 is 0 Å². The van der Waals surface area contributed by atoms with Gasteiger partial charge in [0.05, 0.1) is 10.8 Å². The van der Waals surface area contributed by atoms with Crippen molar-refractivity contribution in [2.45, 2.75) is 30.7 Å². The van der Waals surface area contributed by atoms with Crippen LogP contribution in [-0.2, 0) is 14.8 Å². The van der Waals surface area contributed by atoms with Crippen LogP contribution < -0.4 is 15.4 Å². The molecule has 0 saturated carbocycles. The third-order valence-corrected chi connectivity index (χ3v) is 8.65. The summed E-state index contributed by atoms with van der Waals surface area (Å²) in [5.74, 6) is -0.0372. The van der Waals surface area contributed by atoms with Gasteiger partial charge in [-0.15, -0.1) is 0 Å². The van der Waals surface area contributed by atoms with Crippen LogP contribution in [0.25, 0.3) is 10.8 Å². The Morgan fingerprint density at radius 1 is 0.917 bits per heavy atom. The average Bonchev–Trinajstić information content (AvgIpc) is 2.83. The summed E-state index contributed by atoms with van der Waals surface area (Å²) in [6.07, 6.45) is 1.15. The number of benzene rings is 3. The maximum absolute atomic E-state index is 13.4. The second kappa shape index (κ2) is 10.0. The Labute approximate surface area is 211 Å². The number of rotatable bonds is 6. The number of anilines is 1. The molecule has 0 aliphatic carbocycles. The lowest BCUT2D eigenvalue weighted by molar-refractivity contribution is -0.138.